The Hall–Kier alpha value is -2.87. The van der Waals surface area contributed by atoms with E-state index in [1.165, 1.54) is 49.6 Å². The van der Waals surface area contributed by atoms with Crippen LogP contribution in [0.2, 0.25) is 0 Å². The molecule has 1 aromatic heterocycles. The lowest BCUT2D eigenvalue weighted by Crippen LogP contribution is -2.09. The number of esters is 1. The number of fused-ring (bicyclic) bond motifs is 2. The van der Waals surface area contributed by atoms with Crippen LogP contribution in [0.5, 0.6) is 5.75 Å². The van der Waals surface area contributed by atoms with E-state index in [4.69, 9.17) is 13.9 Å². The minimum atomic E-state index is -3.60. The molecular formula is C25H30O7S. The fraction of sp³-hybridized carbons (Fsp3) is 0.440. The largest absolute Gasteiger partial charge is 0.490 e. The van der Waals surface area contributed by atoms with Crippen molar-refractivity contribution in [3.8, 4) is 5.75 Å². The highest BCUT2D eigenvalue weighted by Gasteiger charge is 2.19. The van der Waals surface area contributed by atoms with Gasteiger partial charge in [-0.3, -0.25) is 4.79 Å². The molecule has 3 aromatic rings. The van der Waals surface area contributed by atoms with Gasteiger partial charge in [-0.05, 0) is 37.6 Å². The zero-order valence-electron chi connectivity index (χ0n) is 19.3. The molecule has 0 aliphatic carbocycles. The van der Waals surface area contributed by atoms with Gasteiger partial charge < -0.3 is 13.9 Å². The zero-order valence-corrected chi connectivity index (χ0v) is 20.1. The van der Waals surface area contributed by atoms with E-state index in [-0.39, 0.29) is 44.8 Å². The Bertz CT molecular complexity index is 1310. The predicted octanol–water partition coefficient (Wildman–Crippen LogP) is 5.27. The van der Waals surface area contributed by atoms with Gasteiger partial charge in [0.25, 0.3) is 0 Å². The molecule has 178 valence electrons. The monoisotopic (exact) mass is 474 g/mol. The van der Waals surface area contributed by atoms with Gasteiger partial charge in [0.15, 0.2) is 21.2 Å². The Labute approximate surface area is 193 Å². The van der Waals surface area contributed by atoms with Crippen LogP contribution in [0.15, 0.2) is 44.4 Å². The molecule has 3 rings (SSSR count). The third kappa shape index (κ3) is 5.93. The Morgan fingerprint density at radius 1 is 0.970 bits per heavy atom. The van der Waals surface area contributed by atoms with E-state index >= 15 is 0 Å². The minimum absolute atomic E-state index is 0.0267. The van der Waals surface area contributed by atoms with Gasteiger partial charge >= 0.3 is 5.97 Å². The van der Waals surface area contributed by atoms with Crippen LogP contribution in [0.4, 0.5) is 0 Å². The second-order valence-corrected chi connectivity index (χ2v) is 10.1. The molecule has 0 N–H and O–H groups in total. The van der Waals surface area contributed by atoms with Crippen molar-refractivity contribution >= 4 is 37.7 Å². The van der Waals surface area contributed by atoms with E-state index in [1.54, 1.807) is 6.92 Å². The summed E-state index contributed by atoms with van der Waals surface area (Å²) < 4.78 is 41.3. The first-order valence-electron chi connectivity index (χ1n) is 11.3. The number of ether oxygens (including phenoxy) is 2. The summed E-state index contributed by atoms with van der Waals surface area (Å²) in [5, 5.41) is 0.255. The normalized spacial score (nSPS) is 11.7. The van der Waals surface area contributed by atoms with Gasteiger partial charge in [0, 0.05) is 12.3 Å². The van der Waals surface area contributed by atoms with Crippen LogP contribution in [0.3, 0.4) is 0 Å². The van der Waals surface area contributed by atoms with E-state index in [1.807, 2.05) is 0 Å². The Kier molecular flexibility index (Phi) is 8.13. The lowest BCUT2D eigenvalue weighted by Gasteiger charge is -2.12. The summed E-state index contributed by atoms with van der Waals surface area (Å²) in [6.07, 6.45) is 7.57. The van der Waals surface area contributed by atoms with Crippen LogP contribution >= 0.6 is 0 Å². The maximum Gasteiger partial charge on any atom is 0.338 e. The van der Waals surface area contributed by atoms with E-state index in [0.29, 0.717) is 6.61 Å². The summed E-state index contributed by atoms with van der Waals surface area (Å²) in [6.45, 7) is 4.45. The van der Waals surface area contributed by atoms with Crippen LogP contribution in [0, 0.1) is 0 Å². The molecule has 0 radical (unpaired) electrons. The molecule has 0 fully saturated rings. The second-order valence-electron chi connectivity index (χ2n) is 8.05. The van der Waals surface area contributed by atoms with Crippen LogP contribution in [0.1, 0.15) is 62.7 Å². The average molecular weight is 475 g/mol. The smallest absolute Gasteiger partial charge is 0.338 e. The van der Waals surface area contributed by atoms with Gasteiger partial charge in [-0.2, -0.15) is 0 Å². The van der Waals surface area contributed by atoms with Crippen molar-refractivity contribution in [3.05, 3.63) is 46.1 Å². The standard InChI is InChI=1S/C25H30O7S/c1-4-6-7-8-9-10-13-31-22-16-18(33(3,28)29)15-20-23(26)19-14-17(25(27)30-5-2)11-12-21(19)32-24(20)22/h11-12,14-16H,4-10,13H2,1-3H3. The van der Waals surface area contributed by atoms with Crippen molar-refractivity contribution in [1.29, 1.82) is 0 Å². The molecule has 0 aliphatic rings. The third-order valence-corrected chi connectivity index (χ3v) is 6.50. The first-order valence-corrected chi connectivity index (χ1v) is 13.2. The predicted molar refractivity (Wildman–Crippen MR) is 128 cm³/mol. The topological polar surface area (TPSA) is 99.9 Å². The van der Waals surface area contributed by atoms with Crippen molar-refractivity contribution in [2.24, 2.45) is 0 Å². The van der Waals surface area contributed by atoms with Crippen molar-refractivity contribution in [2.75, 3.05) is 19.5 Å². The van der Waals surface area contributed by atoms with E-state index in [0.717, 1.165) is 25.5 Å². The molecule has 0 aliphatic heterocycles. The molecule has 0 saturated heterocycles. The van der Waals surface area contributed by atoms with Crippen LogP contribution in [-0.2, 0) is 14.6 Å². The van der Waals surface area contributed by atoms with Crippen LogP contribution < -0.4 is 10.2 Å². The Morgan fingerprint density at radius 2 is 1.70 bits per heavy atom. The number of sulfone groups is 1. The summed E-state index contributed by atoms with van der Waals surface area (Å²) in [4.78, 5) is 25.3. The second kappa shape index (κ2) is 10.8. The summed E-state index contributed by atoms with van der Waals surface area (Å²) >= 11 is 0. The van der Waals surface area contributed by atoms with Gasteiger partial charge in [0.05, 0.1) is 34.4 Å². The van der Waals surface area contributed by atoms with Gasteiger partial charge in [-0.1, -0.05) is 39.0 Å². The fourth-order valence-corrected chi connectivity index (χ4v) is 4.28. The molecule has 33 heavy (non-hydrogen) atoms. The first-order chi connectivity index (χ1) is 15.8. The number of carbonyl (C=O) groups excluding carboxylic acids is 1. The van der Waals surface area contributed by atoms with Crippen molar-refractivity contribution in [2.45, 2.75) is 57.3 Å². The number of benzene rings is 2. The van der Waals surface area contributed by atoms with Crippen LogP contribution in [-0.4, -0.2) is 33.9 Å². The highest BCUT2D eigenvalue weighted by molar-refractivity contribution is 7.90. The Balaban J connectivity index is 2.02. The molecule has 1 heterocycles. The number of hydrogen-bond acceptors (Lipinski definition) is 7. The minimum Gasteiger partial charge on any atom is -0.490 e. The molecule has 0 spiro atoms. The van der Waals surface area contributed by atoms with Gasteiger partial charge in [-0.25, -0.2) is 13.2 Å². The number of rotatable bonds is 11. The first kappa shape index (κ1) is 24.8. The Morgan fingerprint density at radius 3 is 2.39 bits per heavy atom. The third-order valence-electron chi connectivity index (χ3n) is 5.40. The molecule has 2 aromatic carbocycles. The van der Waals surface area contributed by atoms with Crippen molar-refractivity contribution in [3.63, 3.8) is 0 Å². The summed E-state index contributed by atoms with van der Waals surface area (Å²) in [6, 6.07) is 7.16. The summed E-state index contributed by atoms with van der Waals surface area (Å²) in [7, 11) is -3.60. The van der Waals surface area contributed by atoms with Gasteiger partial charge in [0.2, 0.25) is 5.43 Å². The molecule has 0 unspecified atom stereocenters. The SMILES string of the molecule is CCCCCCCCOc1cc(S(C)(=O)=O)cc2c(=O)c3cc(C(=O)OCC)ccc3oc12. The van der Waals surface area contributed by atoms with Gasteiger partial charge in [-0.15, -0.1) is 0 Å². The lowest BCUT2D eigenvalue weighted by atomic mass is 10.1. The molecule has 0 amide bonds. The maximum absolute atomic E-state index is 13.3. The van der Waals surface area contributed by atoms with Crippen LogP contribution in [0.25, 0.3) is 21.9 Å². The molecular weight excluding hydrogens is 444 g/mol. The van der Waals surface area contributed by atoms with E-state index in [2.05, 4.69) is 6.92 Å². The highest BCUT2D eigenvalue weighted by atomic mass is 32.2. The summed E-state index contributed by atoms with van der Waals surface area (Å²) in [5.41, 5.74) is 0.244. The maximum atomic E-state index is 13.3. The lowest BCUT2D eigenvalue weighted by molar-refractivity contribution is 0.0526. The van der Waals surface area contributed by atoms with Gasteiger partial charge in [0.1, 0.15) is 5.58 Å². The number of unbranched alkanes of at least 4 members (excludes halogenated alkanes) is 5. The molecule has 0 atom stereocenters. The van der Waals surface area contributed by atoms with Crippen molar-refractivity contribution in [1.82, 2.24) is 0 Å². The zero-order chi connectivity index (χ0) is 24.0. The summed E-state index contributed by atoms with van der Waals surface area (Å²) in [5.74, 6) is -0.332. The average Bonchev–Trinajstić information content (AvgIpc) is 2.78. The number of hydrogen-bond donors (Lipinski definition) is 0. The molecule has 0 bridgehead atoms. The quantitative estimate of drug-likeness (QED) is 0.212. The fourth-order valence-electron chi connectivity index (χ4n) is 3.63. The van der Waals surface area contributed by atoms with E-state index < -0.39 is 21.2 Å². The number of carbonyl (C=O) groups is 1. The van der Waals surface area contributed by atoms with E-state index in [9.17, 15) is 18.0 Å². The highest BCUT2D eigenvalue weighted by Crippen LogP contribution is 2.31. The molecule has 0 saturated carbocycles. The molecule has 7 nitrogen and oxygen atoms in total. The molecule has 8 heteroatoms. The van der Waals surface area contributed by atoms with Crippen molar-refractivity contribution < 1.29 is 27.1 Å².